The molecule has 0 aromatic carbocycles. The van der Waals surface area contributed by atoms with Crippen molar-refractivity contribution in [3.8, 4) is 0 Å². The van der Waals surface area contributed by atoms with Crippen molar-refractivity contribution in [1.82, 2.24) is 10.2 Å². The Morgan fingerprint density at radius 2 is 1.72 bits per heavy atom. The molecule has 1 aromatic heterocycles. The minimum atomic E-state index is -5.67. The number of rotatable bonds is 2. The summed E-state index contributed by atoms with van der Waals surface area (Å²) in [6.07, 6.45) is 0. The second-order valence-electron chi connectivity index (χ2n) is 1.95. The van der Waals surface area contributed by atoms with E-state index >= 15 is 0 Å². The van der Waals surface area contributed by atoms with Crippen LogP contribution in [0.4, 0.5) is 31.5 Å². The molecule has 18 heavy (non-hydrogen) atoms. The zero-order chi connectivity index (χ0) is 13.7. The van der Waals surface area contributed by atoms with Crippen LogP contribution in [0.5, 0.6) is 0 Å². The first-order valence-electron chi connectivity index (χ1n) is 3.29. The van der Waals surface area contributed by atoms with Gasteiger partial charge < -0.3 is 11.2 Å². The average Bonchev–Trinajstić information content (AvgIpc) is 2.49. The van der Waals surface area contributed by atoms with Crippen LogP contribution in [0.25, 0.3) is 4.72 Å². The van der Waals surface area contributed by atoms with Gasteiger partial charge in [0, 0.05) is 5.13 Å². The second-order valence-corrected chi connectivity index (χ2v) is 4.45. The van der Waals surface area contributed by atoms with Gasteiger partial charge in [0.1, 0.15) is 0 Å². The topological polar surface area (TPSA) is 74.0 Å². The number of aromatic nitrogens is 2. The Bertz CT molecular complexity index is 454. The van der Waals surface area contributed by atoms with Gasteiger partial charge in [0.15, 0.2) is 0 Å². The van der Waals surface area contributed by atoms with E-state index in [1.165, 1.54) is 0 Å². The molecule has 14 heteroatoms. The summed E-state index contributed by atoms with van der Waals surface area (Å²) in [6.45, 7) is -1.75. The SMILES string of the molecule is FCF.O=S(=O)([N-]c1nnc(F)s1)C(F)(F)F.[H-].[Li+]. The van der Waals surface area contributed by atoms with E-state index in [0.717, 1.165) is 0 Å². The van der Waals surface area contributed by atoms with Crippen molar-refractivity contribution in [2.45, 2.75) is 5.51 Å². The summed E-state index contributed by atoms with van der Waals surface area (Å²) in [5.41, 5.74) is -5.52. The van der Waals surface area contributed by atoms with Crippen LogP contribution in [-0.2, 0) is 10.0 Å². The fourth-order valence-electron chi connectivity index (χ4n) is 0.390. The van der Waals surface area contributed by atoms with Crippen LogP contribution in [0, 0.1) is 5.26 Å². The van der Waals surface area contributed by atoms with Crippen molar-refractivity contribution in [3.63, 3.8) is 0 Å². The standard InChI is InChI=1S/C3F4N3O2S2.CH2F2.Li.H/c4-1-8-9-2(13-1)10-14(11,12)3(5,6)7;2-1-3;;/h;1H2;;/q-1;;+1;-1. The molecule has 0 fully saturated rings. The second kappa shape index (κ2) is 7.82. The number of sulfonamides is 1. The third-order valence-electron chi connectivity index (χ3n) is 0.880. The van der Waals surface area contributed by atoms with Crippen LogP contribution < -0.4 is 18.9 Å². The molecule has 0 saturated carbocycles. The van der Waals surface area contributed by atoms with Gasteiger partial charge in [0.05, 0.1) is 0 Å². The van der Waals surface area contributed by atoms with Crippen molar-refractivity contribution in [1.29, 1.82) is 0 Å². The fraction of sp³-hybridized carbons (Fsp3) is 0.500. The predicted molar refractivity (Wildman–Crippen MR) is 46.1 cm³/mol. The molecule has 5 nitrogen and oxygen atoms in total. The Hall–Kier alpha value is -0.513. The third kappa shape index (κ3) is 6.43. The molecule has 1 rings (SSSR count). The van der Waals surface area contributed by atoms with Crippen molar-refractivity contribution in [2.75, 3.05) is 6.93 Å². The Morgan fingerprint density at radius 3 is 2.00 bits per heavy atom. The number of hydrogen-bond donors (Lipinski definition) is 0. The van der Waals surface area contributed by atoms with Gasteiger partial charge in [-0.1, -0.05) is 11.3 Å². The van der Waals surface area contributed by atoms with Gasteiger partial charge >= 0.3 is 24.4 Å². The minimum Gasteiger partial charge on any atom is -1.00 e. The molecule has 0 aliphatic heterocycles. The molecule has 0 radical (unpaired) electrons. The molecule has 0 atom stereocenters. The van der Waals surface area contributed by atoms with Gasteiger partial charge in [-0.05, 0) is 0 Å². The fourth-order valence-corrected chi connectivity index (χ4v) is 1.49. The summed E-state index contributed by atoms with van der Waals surface area (Å²) in [5, 5.41) is 3.35. The summed E-state index contributed by atoms with van der Waals surface area (Å²) in [6, 6.07) is 0. The molecule has 0 amide bonds. The molecule has 1 aromatic rings. The number of nitrogens with zero attached hydrogens (tertiary/aromatic N) is 3. The van der Waals surface area contributed by atoms with Gasteiger partial charge in [-0.25, -0.2) is 22.3 Å². The monoisotopic (exact) mass is 310 g/mol. The summed E-state index contributed by atoms with van der Waals surface area (Å²) in [4.78, 5) is 0. The van der Waals surface area contributed by atoms with E-state index in [2.05, 4.69) is 14.9 Å². The maximum absolute atomic E-state index is 12.1. The third-order valence-corrected chi connectivity index (χ3v) is 2.60. The molecule has 102 valence electrons. The zero-order valence-electron chi connectivity index (χ0n) is 9.45. The normalized spacial score (nSPS) is 11.0. The van der Waals surface area contributed by atoms with E-state index in [9.17, 15) is 34.8 Å². The van der Waals surface area contributed by atoms with Gasteiger partial charge in [0.2, 0.25) is 6.93 Å². The van der Waals surface area contributed by atoms with Crippen molar-refractivity contribution >= 4 is 26.5 Å². The molecule has 0 saturated heterocycles. The molecular formula is C4H3F6LiN3O2S2-. The Kier molecular flexibility index (Phi) is 8.61. The van der Waals surface area contributed by atoms with Crippen LogP contribution in [0.15, 0.2) is 0 Å². The first-order chi connectivity index (χ1) is 7.64. The van der Waals surface area contributed by atoms with Gasteiger partial charge in [-0.15, -0.1) is 0 Å². The molecule has 0 aliphatic rings. The minimum absolute atomic E-state index is 0. The van der Waals surface area contributed by atoms with Crippen LogP contribution >= 0.6 is 11.3 Å². The van der Waals surface area contributed by atoms with Gasteiger partial charge in [-0.2, -0.15) is 17.6 Å². The first kappa shape index (κ1) is 19.8. The smallest absolute Gasteiger partial charge is 1.00 e. The Balaban J connectivity index is -0.000000468. The molecule has 0 N–H and O–H groups in total. The number of hydrogen-bond acceptors (Lipinski definition) is 5. The van der Waals surface area contributed by atoms with Crippen molar-refractivity contribution < 1.29 is 55.0 Å². The summed E-state index contributed by atoms with van der Waals surface area (Å²) in [7, 11) is -5.67. The summed E-state index contributed by atoms with van der Waals surface area (Å²) in [5.74, 6) is 0. The summed E-state index contributed by atoms with van der Waals surface area (Å²) < 4.78 is 89.4. The van der Waals surface area contributed by atoms with E-state index in [1.54, 1.807) is 0 Å². The van der Waals surface area contributed by atoms with E-state index in [0.29, 0.717) is 0 Å². The maximum Gasteiger partial charge on any atom is 1.00 e. The number of halogens is 6. The van der Waals surface area contributed by atoms with E-state index < -0.39 is 32.9 Å². The van der Waals surface area contributed by atoms with Gasteiger partial charge in [0.25, 0.3) is 15.3 Å². The molecular weight excluding hydrogens is 307 g/mol. The zero-order valence-corrected chi connectivity index (χ0v) is 10.1. The van der Waals surface area contributed by atoms with E-state index in [1.807, 2.05) is 0 Å². The first-order valence-corrected chi connectivity index (χ1v) is 5.55. The molecule has 0 spiro atoms. The number of alkyl halides is 5. The van der Waals surface area contributed by atoms with Crippen LogP contribution in [0.1, 0.15) is 1.43 Å². The van der Waals surface area contributed by atoms with E-state index in [-0.39, 0.29) is 31.6 Å². The predicted octanol–water partition coefficient (Wildman–Crippen LogP) is -0.469. The van der Waals surface area contributed by atoms with E-state index in [4.69, 9.17) is 0 Å². The molecule has 0 bridgehead atoms. The van der Waals surface area contributed by atoms with Crippen molar-refractivity contribution in [2.24, 2.45) is 0 Å². The average molecular weight is 310 g/mol. The molecule has 0 unspecified atom stereocenters. The summed E-state index contributed by atoms with van der Waals surface area (Å²) >= 11 is -0.00400. The van der Waals surface area contributed by atoms with Crippen LogP contribution in [0.2, 0.25) is 0 Å². The van der Waals surface area contributed by atoms with Crippen LogP contribution in [0.3, 0.4) is 0 Å². The van der Waals surface area contributed by atoms with Gasteiger partial charge in [-0.3, -0.25) is 0 Å². The van der Waals surface area contributed by atoms with Crippen LogP contribution in [-0.4, -0.2) is 31.1 Å². The largest absolute Gasteiger partial charge is 1.00 e. The maximum atomic E-state index is 12.1. The Morgan fingerprint density at radius 1 is 1.28 bits per heavy atom. The molecule has 1 heterocycles. The van der Waals surface area contributed by atoms with Crippen molar-refractivity contribution in [3.05, 3.63) is 9.98 Å². The quantitative estimate of drug-likeness (QED) is 0.547. The Labute approximate surface area is 114 Å². The molecule has 0 aliphatic carbocycles.